The maximum atomic E-state index is 14.3. The number of nitrogen functional groups attached to an aromatic ring is 1. The van der Waals surface area contributed by atoms with E-state index >= 15 is 0 Å². The fraction of sp³-hybridized carbons (Fsp3) is 0.250. The largest absolute Gasteiger partial charge is 0.492 e. The monoisotopic (exact) mass is 252 g/mol. The van der Waals surface area contributed by atoms with E-state index < -0.39 is 5.82 Å². The molecule has 0 atom stereocenters. The first-order valence-corrected chi connectivity index (χ1v) is 5.22. The summed E-state index contributed by atoms with van der Waals surface area (Å²) in [4.78, 5) is 0. The summed E-state index contributed by atoms with van der Waals surface area (Å²) in [7, 11) is 2.83. The van der Waals surface area contributed by atoms with Crippen molar-refractivity contribution in [1.29, 1.82) is 0 Å². The molecular formula is C12H13FN2O3. The van der Waals surface area contributed by atoms with Gasteiger partial charge in [-0.2, -0.15) is 0 Å². The van der Waals surface area contributed by atoms with E-state index in [0.29, 0.717) is 5.75 Å². The first-order chi connectivity index (χ1) is 8.58. The second-order valence-electron chi connectivity index (χ2n) is 3.74. The third kappa shape index (κ3) is 1.85. The molecular weight excluding hydrogens is 239 g/mol. The summed E-state index contributed by atoms with van der Waals surface area (Å²) in [6.07, 6.45) is 0. The number of anilines is 1. The average molecular weight is 252 g/mol. The summed E-state index contributed by atoms with van der Waals surface area (Å²) >= 11 is 0. The quantitative estimate of drug-likeness (QED) is 0.908. The number of nitrogens with zero attached hydrogens (tertiary/aromatic N) is 1. The van der Waals surface area contributed by atoms with Crippen LogP contribution in [0.5, 0.6) is 11.5 Å². The van der Waals surface area contributed by atoms with Crippen LogP contribution < -0.4 is 15.2 Å². The van der Waals surface area contributed by atoms with Gasteiger partial charge >= 0.3 is 0 Å². The van der Waals surface area contributed by atoms with E-state index in [9.17, 15) is 4.39 Å². The lowest BCUT2D eigenvalue weighted by molar-refractivity contribution is 0.335. The molecule has 18 heavy (non-hydrogen) atoms. The molecule has 0 saturated carbocycles. The standard InChI is InChI=1S/C12H13FN2O3/c1-6-4-7(8-5-9(14)15-18-8)10(13)12(17-3)11(6)16-2/h4-5H,1-3H3,(H2,14,15). The predicted octanol–water partition coefficient (Wildman–Crippen LogP) is 2.39. The van der Waals surface area contributed by atoms with Gasteiger partial charge in [0.1, 0.15) is 0 Å². The molecule has 96 valence electrons. The smallest absolute Gasteiger partial charge is 0.197 e. The number of aryl methyl sites for hydroxylation is 1. The van der Waals surface area contributed by atoms with Gasteiger partial charge in [0.05, 0.1) is 19.8 Å². The molecule has 2 N–H and O–H groups in total. The van der Waals surface area contributed by atoms with Gasteiger partial charge in [-0.1, -0.05) is 5.16 Å². The lowest BCUT2D eigenvalue weighted by atomic mass is 10.1. The second kappa shape index (κ2) is 4.56. The number of benzene rings is 1. The molecule has 0 amide bonds. The highest BCUT2D eigenvalue weighted by Gasteiger charge is 2.21. The Kier molecular flexibility index (Phi) is 3.10. The van der Waals surface area contributed by atoms with Crippen LogP contribution in [0, 0.1) is 12.7 Å². The molecule has 0 bridgehead atoms. The van der Waals surface area contributed by atoms with E-state index in [1.54, 1.807) is 13.0 Å². The SMILES string of the molecule is COc1c(C)cc(-c2cc(N)no2)c(F)c1OC. The van der Waals surface area contributed by atoms with Gasteiger partial charge in [-0.15, -0.1) is 0 Å². The van der Waals surface area contributed by atoms with Gasteiger partial charge < -0.3 is 19.7 Å². The molecule has 2 rings (SSSR count). The third-order valence-corrected chi connectivity index (χ3v) is 2.56. The van der Waals surface area contributed by atoms with Crippen molar-refractivity contribution in [3.05, 3.63) is 23.5 Å². The molecule has 0 spiro atoms. The Hall–Kier alpha value is -2.24. The number of nitrogens with two attached hydrogens (primary N) is 1. The van der Waals surface area contributed by atoms with Crippen LogP contribution in [0.25, 0.3) is 11.3 Å². The van der Waals surface area contributed by atoms with Gasteiger partial charge in [-0.25, -0.2) is 4.39 Å². The predicted molar refractivity (Wildman–Crippen MR) is 64.2 cm³/mol. The molecule has 6 heteroatoms. The fourth-order valence-electron chi connectivity index (χ4n) is 1.78. The minimum absolute atomic E-state index is 0.0301. The van der Waals surface area contributed by atoms with Crippen LogP contribution in [0.2, 0.25) is 0 Å². The van der Waals surface area contributed by atoms with Gasteiger partial charge in [-0.05, 0) is 18.6 Å². The molecule has 2 aromatic rings. The van der Waals surface area contributed by atoms with Gasteiger partial charge in [0.2, 0.25) is 0 Å². The van der Waals surface area contributed by atoms with Crippen molar-refractivity contribution in [3.63, 3.8) is 0 Å². The van der Waals surface area contributed by atoms with Crippen LogP contribution >= 0.6 is 0 Å². The zero-order valence-electron chi connectivity index (χ0n) is 10.3. The molecule has 0 aliphatic carbocycles. The van der Waals surface area contributed by atoms with E-state index in [4.69, 9.17) is 19.7 Å². The van der Waals surface area contributed by atoms with Crippen molar-refractivity contribution in [2.24, 2.45) is 0 Å². The number of halogens is 1. The summed E-state index contributed by atoms with van der Waals surface area (Å²) in [5.74, 6) is 0.246. The second-order valence-corrected chi connectivity index (χ2v) is 3.74. The topological polar surface area (TPSA) is 70.5 Å². The maximum Gasteiger partial charge on any atom is 0.197 e. The zero-order chi connectivity index (χ0) is 13.3. The summed E-state index contributed by atoms with van der Waals surface area (Å²) in [6, 6.07) is 3.04. The molecule has 0 aliphatic heterocycles. The molecule has 1 heterocycles. The molecule has 0 radical (unpaired) electrons. The Morgan fingerprint density at radius 1 is 1.22 bits per heavy atom. The Balaban J connectivity index is 2.66. The van der Waals surface area contributed by atoms with Crippen LogP contribution in [-0.2, 0) is 0 Å². The molecule has 0 saturated heterocycles. The van der Waals surface area contributed by atoms with Crippen molar-refractivity contribution in [2.45, 2.75) is 6.92 Å². The number of hydrogen-bond acceptors (Lipinski definition) is 5. The number of ether oxygens (including phenoxy) is 2. The summed E-state index contributed by atoms with van der Waals surface area (Å²) in [5, 5.41) is 3.53. The van der Waals surface area contributed by atoms with Crippen LogP contribution in [0.1, 0.15) is 5.56 Å². The molecule has 0 aliphatic rings. The normalized spacial score (nSPS) is 10.4. The van der Waals surface area contributed by atoms with E-state index in [1.807, 2.05) is 0 Å². The fourth-order valence-corrected chi connectivity index (χ4v) is 1.78. The summed E-state index contributed by atoms with van der Waals surface area (Å²) in [6.45, 7) is 1.78. The Labute approximate surface area is 103 Å². The van der Waals surface area contributed by atoms with Crippen molar-refractivity contribution >= 4 is 5.82 Å². The van der Waals surface area contributed by atoms with Crippen molar-refractivity contribution in [3.8, 4) is 22.8 Å². The van der Waals surface area contributed by atoms with E-state index in [2.05, 4.69) is 5.16 Å². The molecule has 0 fully saturated rings. The van der Waals surface area contributed by atoms with E-state index in [1.165, 1.54) is 20.3 Å². The highest BCUT2D eigenvalue weighted by molar-refractivity contribution is 5.67. The number of rotatable bonds is 3. The van der Waals surface area contributed by atoms with Gasteiger partial charge in [0, 0.05) is 6.07 Å². The minimum Gasteiger partial charge on any atom is -0.492 e. The Morgan fingerprint density at radius 3 is 2.39 bits per heavy atom. The highest BCUT2D eigenvalue weighted by atomic mass is 19.1. The molecule has 5 nitrogen and oxygen atoms in total. The van der Waals surface area contributed by atoms with Crippen LogP contribution in [0.4, 0.5) is 10.2 Å². The highest BCUT2D eigenvalue weighted by Crippen LogP contribution is 2.39. The Morgan fingerprint density at radius 2 is 1.89 bits per heavy atom. The summed E-state index contributed by atoms with van der Waals surface area (Å²) in [5.41, 5.74) is 6.40. The maximum absolute atomic E-state index is 14.3. The van der Waals surface area contributed by atoms with Crippen LogP contribution in [0.15, 0.2) is 16.7 Å². The Bertz CT molecular complexity index is 581. The number of hydrogen-bond donors (Lipinski definition) is 1. The van der Waals surface area contributed by atoms with Gasteiger partial charge in [0.25, 0.3) is 0 Å². The van der Waals surface area contributed by atoms with Crippen LogP contribution in [0.3, 0.4) is 0 Å². The van der Waals surface area contributed by atoms with Gasteiger partial charge in [-0.3, -0.25) is 0 Å². The van der Waals surface area contributed by atoms with Gasteiger partial charge in [0.15, 0.2) is 28.9 Å². The molecule has 1 aromatic carbocycles. The minimum atomic E-state index is -0.573. The first kappa shape index (κ1) is 12.2. The lowest BCUT2D eigenvalue weighted by Crippen LogP contribution is -1.98. The summed E-state index contributed by atoms with van der Waals surface area (Å²) < 4.78 is 29.3. The van der Waals surface area contributed by atoms with Crippen molar-refractivity contribution in [1.82, 2.24) is 5.16 Å². The van der Waals surface area contributed by atoms with Crippen molar-refractivity contribution < 1.29 is 18.4 Å². The molecule has 0 unspecified atom stereocenters. The van der Waals surface area contributed by atoms with E-state index in [0.717, 1.165) is 5.56 Å². The molecule has 1 aromatic heterocycles. The zero-order valence-corrected chi connectivity index (χ0v) is 10.3. The number of aromatic nitrogens is 1. The third-order valence-electron chi connectivity index (χ3n) is 2.56. The van der Waals surface area contributed by atoms with Crippen molar-refractivity contribution in [2.75, 3.05) is 20.0 Å². The lowest BCUT2D eigenvalue weighted by Gasteiger charge is -2.13. The van der Waals surface area contributed by atoms with E-state index in [-0.39, 0.29) is 22.9 Å². The van der Waals surface area contributed by atoms with Crippen LogP contribution in [-0.4, -0.2) is 19.4 Å². The first-order valence-electron chi connectivity index (χ1n) is 5.22. The average Bonchev–Trinajstić information content (AvgIpc) is 2.77. The number of methoxy groups -OCH3 is 2.